The van der Waals surface area contributed by atoms with E-state index in [4.69, 9.17) is 10.00 Å². The molecule has 1 heterocycles. The Morgan fingerprint density at radius 3 is 3.20 bits per heavy atom. The van der Waals surface area contributed by atoms with Crippen molar-refractivity contribution >= 4 is 5.91 Å². The monoisotopic (exact) mass is 205 g/mol. The molecule has 1 amide bonds. The molecule has 1 aromatic rings. The van der Waals surface area contributed by atoms with E-state index in [1.54, 1.807) is 18.3 Å². The minimum absolute atomic E-state index is 0.282. The summed E-state index contributed by atoms with van der Waals surface area (Å²) in [5, 5.41) is 10.9. The molecule has 0 aliphatic rings. The van der Waals surface area contributed by atoms with Gasteiger partial charge in [-0.3, -0.25) is 4.79 Å². The second-order valence-corrected chi connectivity index (χ2v) is 2.72. The zero-order valence-electron chi connectivity index (χ0n) is 8.36. The van der Waals surface area contributed by atoms with E-state index in [1.807, 2.05) is 6.07 Å². The predicted molar refractivity (Wildman–Crippen MR) is 53.4 cm³/mol. The second kappa shape index (κ2) is 5.60. The van der Waals surface area contributed by atoms with Crippen molar-refractivity contribution in [2.45, 2.75) is 6.42 Å². The Morgan fingerprint density at radius 2 is 2.53 bits per heavy atom. The molecule has 15 heavy (non-hydrogen) atoms. The maximum atomic E-state index is 11.6. The first-order valence-corrected chi connectivity index (χ1v) is 4.43. The number of methoxy groups -OCH3 is 1. The van der Waals surface area contributed by atoms with Crippen molar-refractivity contribution in [2.75, 3.05) is 13.7 Å². The first-order chi connectivity index (χ1) is 7.29. The zero-order valence-corrected chi connectivity index (χ0v) is 8.36. The number of carbonyl (C=O) groups is 1. The summed E-state index contributed by atoms with van der Waals surface area (Å²) in [6, 6.07) is 5.21. The van der Waals surface area contributed by atoms with Crippen molar-refractivity contribution in [3.8, 4) is 11.9 Å². The van der Waals surface area contributed by atoms with Crippen LogP contribution in [0.5, 0.6) is 5.88 Å². The first kappa shape index (κ1) is 11.0. The summed E-state index contributed by atoms with van der Waals surface area (Å²) in [5.41, 5.74) is 0.373. The number of rotatable bonds is 4. The number of nitrogens with zero attached hydrogens (tertiary/aromatic N) is 2. The molecule has 0 saturated heterocycles. The lowest BCUT2D eigenvalue weighted by molar-refractivity contribution is 0.0951. The fraction of sp³-hybridized carbons (Fsp3) is 0.300. The van der Waals surface area contributed by atoms with Crippen LogP contribution in [0.3, 0.4) is 0 Å². The number of ether oxygens (including phenoxy) is 1. The average molecular weight is 205 g/mol. The molecule has 0 aliphatic heterocycles. The molecule has 0 radical (unpaired) electrons. The molecule has 0 fully saturated rings. The van der Waals surface area contributed by atoms with Crippen LogP contribution in [0.15, 0.2) is 18.3 Å². The third-order valence-electron chi connectivity index (χ3n) is 1.73. The molecule has 5 nitrogen and oxygen atoms in total. The van der Waals surface area contributed by atoms with E-state index >= 15 is 0 Å². The Hall–Kier alpha value is -2.09. The van der Waals surface area contributed by atoms with Crippen molar-refractivity contribution in [1.29, 1.82) is 5.26 Å². The van der Waals surface area contributed by atoms with Crippen LogP contribution in [-0.4, -0.2) is 24.5 Å². The van der Waals surface area contributed by atoms with E-state index in [1.165, 1.54) is 7.11 Å². The maximum absolute atomic E-state index is 11.6. The van der Waals surface area contributed by atoms with Gasteiger partial charge in [0.25, 0.3) is 5.91 Å². The lowest BCUT2D eigenvalue weighted by Crippen LogP contribution is -2.24. The lowest BCUT2D eigenvalue weighted by atomic mass is 10.2. The van der Waals surface area contributed by atoms with Crippen LogP contribution in [-0.2, 0) is 0 Å². The molecule has 0 bridgehead atoms. The first-order valence-electron chi connectivity index (χ1n) is 4.43. The Morgan fingerprint density at radius 1 is 1.73 bits per heavy atom. The number of hydrogen-bond donors (Lipinski definition) is 1. The minimum atomic E-state index is -0.282. The van der Waals surface area contributed by atoms with Gasteiger partial charge in [-0.25, -0.2) is 4.98 Å². The molecular formula is C10H11N3O2. The van der Waals surface area contributed by atoms with Crippen molar-refractivity contribution in [1.82, 2.24) is 10.3 Å². The molecule has 0 saturated carbocycles. The maximum Gasteiger partial charge on any atom is 0.256 e. The second-order valence-electron chi connectivity index (χ2n) is 2.72. The fourth-order valence-corrected chi connectivity index (χ4v) is 1.05. The van der Waals surface area contributed by atoms with E-state index in [2.05, 4.69) is 10.3 Å². The largest absolute Gasteiger partial charge is 0.480 e. The Balaban J connectivity index is 2.69. The lowest BCUT2D eigenvalue weighted by Gasteiger charge is -2.06. The van der Waals surface area contributed by atoms with Crippen LogP contribution in [0.1, 0.15) is 16.8 Å². The molecule has 5 heteroatoms. The Bertz CT molecular complexity index is 384. The fourth-order valence-electron chi connectivity index (χ4n) is 1.05. The van der Waals surface area contributed by atoms with Crippen molar-refractivity contribution < 1.29 is 9.53 Å². The van der Waals surface area contributed by atoms with Crippen LogP contribution in [0, 0.1) is 11.3 Å². The highest BCUT2D eigenvalue weighted by molar-refractivity contribution is 5.96. The van der Waals surface area contributed by atoms with Crippen LogP contribution >= 0.6 is 0 Å². The molecule has 0 atom stereocenters. The summed E-state index contributed by atoms with van der Waals surface area (Å²) in [4.78, 5) is 15.5. The topological polar surface area (TPSA) is 75.0 Å². The van der Waals surface area contributed by atoms with Gasteiger partial charge >= 0.3 is 0 Å². The molecular weight excluding hydrogens is 194 g/mol. The van der Waals surface area contributed by atoms with E-state index in [-0.39, 0.29) is 18.2 Å². The van der Waals surface area contributed by atoms with Crippen molar-refractivity contribution in [2.24, 2.45) is 0 Å². The molecule has 1 N–H and O–H groups in total. The predicted octanol–water partition coefficient (Wildman–Crippen LogP) is 0.734. The summed E-state index contributed by atoms with van der Waals surface area (Å²) in [5.74, 6) is 0.00200. The third kappa shape index (κ3) is 2.95. The molecule has 0 spiro atoms. The highest BCUT2D eigenvalue weighted by Crippen LogP contribution is 2.12. The van der Waals surface area contributed by atoms with Crippen LogP contribution in [0.4, 0.5) is 0 Å². The van der Waals surface area contributed by atoms with Gasteiger partial charge in [-0.2, -0.15) is 5.26 Å². The van der Waals surface area contributed by atoms with E-state index in [9.17, 15) is 4.79 Å². The van der Waals surface area contributed by atoms with Gasteiger partial charge in [0.15, 0.2) is 0 Å². The average Bonchev–Trinajstić information content (AvgIpc) is 2.29. The van der Waals surface area contributed by atoms with E-state index in [0.717, 1.165) is 0 Å². The molecule has 0 aromatic carbocycles. The summed E-state index contributed by atoms with van der Waals surface area (Å²) in [7, 11) is 1.45. The molecule has 1 aromatic heterocycles. The Kier molecular flexibility index (Phi) is 4.10. The number of amides is 1. The third-order valence-corrected chi connectivity index (χ3v) is 1.73. The van der Waals surface area contributed by atoms with Gasteiger partial charge < -0.3 is 10.1 Å². The van der Waals surface area contributed by atoms with Gasteiger partial charge in [-0.15, -0.1) is 0 Å². The zero-order chi connectivity index (χ0) is 11.1. The number of aromatic nitrogens is 1. The van der Waals surface area contributed by atoms with Crippen molar-refractivity contribution in [3.05, 3.63) is 23.9 Å². The molecule has 0 unspecified atom stereocenters. The van der Waals surface area contributed by atoms with E-state index < -0.39 is 0 Å². The Labute approximate surface area is 87.7 Å². The van der Waals surface area contributed by atoms with Gasteiger partial charge in [0.2, 0.25) is 5.88 Å². The number of hydrogen-bond acceptors (Lipinski definition) is 4. The van der Waals surface area contributed by atoms with Crippen LogP contribution < -0.4 is 10.1 Å². The molecule has 78 valence electrons. The summed E-state index contributed by atoms with van der Waals surface area (Å²) in [6.07, 6.45) is 1.83. The van der Waals surface area contributed by atoms with Gasteiger partial charge in [-0.1, -0.05) is 0 Å². The number of nitriles is 1. The van der Waals surface area contributed by atoms with Gasteiger partial charge in [0.1, 0.15) is 5.56 Å². The quantitative estimate of drug-likeness (QED) is 0.735. The standard InChI is InChI=1S/C10H11N3O2/c1-15-10-8(4-2-6-13-10)9(14)12-7-3-5-11/h2,4,6H,3,7H2,1H3,(H,12,14). The van der Waals surface area contributed by atoms with Crippen molar-refractivity contribution in [3.63, 3.8) is 0 Å². The normalized spacial score (nSPS) is 9.07. The summed E-state index contributed by atoms with van der Waals surface area (Å²) in [6.45, 7) is 0.327. The van der Waals surface area contributed by atoms with Crippen LogP contribution in [0.2, 0.25) is 0 Å². The van der Waals surface area contributed by atoms with Crippen LogP contribution in [0.25, 0.3) is 0 Å². The minimum Gasteiger partial charge on any atom is -0.480 e. The SMILES string of the molecule is COc1ncccc1C(=O)NCCC#N. The molecule has 1 rings (SSSR count). The number of nitrogens with one attached hydrogen (secondary N) is 1. The smallest absolute Gasteiger partial charge is 0.256 e. The van der Waals surface area contributed by atoms with Gasteiger partial charge in [0.05, 0.1) is 19.6 Å². The number of pyridine rings is 1. The summed E-state index contributed by atoms with van der Waals surface area (Å²) >= 11 is 0. The highest BCUT2D eigenvalue weighted by atomic mass is 16.5. The van der Waals surface area contributed by atoms with Gasteiger partial charge in [0, 0.05) is 12.7 Å². The summed E-state index contributed by atoms with van der Waals surface area (Å²) < 4.78 is 4.94. The number of carbonyl (C=O) groups excluding carboxylic acids is 1. The van der Waals surface area contributed by atoms with Gasteiger partial charge in [-0.05, 0) is 12.1 Å². The van der Waals surface area contributed by atoms with E-state index in [0.29, 0.717) is 12.1 Å². The highest BCUT2D eigenvalue weighted by Gasteiger charge is 2.11. The molecule has 0 aliphatic carbocycles.